The van der Waals surface area contributed by atoms with Crippen LogP contribution >= 0.6 is 0 Å². The van der Waals surface area contributed by atoms with Gasteiger partial charge in [-0.25, -0.2) is 0 Å². The van der Waals surface area contributed by atoms with E-state index in [1.165, 1.54) is 32.1 Å². The Hall–Kier alpha value is -1.71. The summed E-state index contributed by atoms with van der Waals surface area (Å²) in [5.74, 6) is 0.785. The first kappa shape index (κ1) is 14.7. The third-order valence-electron chi connectivity index (χ3n) is 4.32. The summed E-state index contributed by atoms with van der Waals surface area (Å²) in [7, 11) is 1.62. The molecule has 1 amide bonds. The van der Waals surface area contributed by atoms with Crippen molar-refractivity contribution < 1.29 is 4.79 Å². The van der Waals surface area contributed by atoms with Gasteiger partial charge in [0.05, 0.1) is 11.4 Å². The van der Waals surface area contributed by atoms with E-state index in [-0.39, 0.29) is 5.91 Å². The van der Waals surface area contributed by atoms with Crippen molar-refractivity contribution in [3.05, 3.63) is 23.8 Å². The molecule has 0 radical (unpaired) electrons. The van der Waals surface area contributed by atoms with Gasteiger partial charge in [0.1, 0.15) is 0 Å². The fourth-order valence-corrected chi connectivity index (χ4v) is 2.91. The lowest BCUT2D eigenvalue weighted by Crippen LogP contribution is -2.26. The van der Waals surface area contributed by atoms with Gasteiger partial charge in [-0.2, -0.15) is 0 Å². The summed E-state index contributed by atoms with van der Waals surface area (Å²) in [6.45, 7) is 2.27. The Balaban J connectivity index is 1.98. The lowest BCUT2D eigenvalue weighted by molar-refractivity contribution is 0.0963. The molecule has 0 bridgehead atoms. The third kappa shape index (κ3) is 3.44. The fraction of sp³-hybridized carbons (Fsp3) is 0.562. The molecule has 1 aliphatic carbocycles. The Labute approximate surface area is 121 Å². The normalized spacial score (nSPS) is 22.3. The van der Waals surface area contributed by atoms with Crippen LogP contribution in [0.1, 0.15) is 49.4 Å². The summed E-state index contributed by atoms with van der Waals surface area (Å²) in [5, 5.41) is 6.13. The first-order valence-corrected chi connectivity index (χ1v) is 7.52. The van der Waals surface area contributed by atoms with Gasteiger partial charge in [0.2, 0.25) is 0 Å². The summed E-state index contributed by atoms with van der Waals surface area (Å²) < 4.78 is 0. The predicted molar refractivity (Wildman–Crippen MR) is 83.9 cm³/mol. The van der Waals surface area contributed by atoms with E-state index in [0.717, 1.165) is 11.6 Å². The minimum Gasteiger partial charge on any atom is -0.397 e. The molecule has 0 aliphatic heterocycles. The smallest absolute Gasteiger partial charge is 0.251 e. The van der Waals surface area contributed by atoms with Gasteiger partial charge in [0, 0.05) is 18.7 Å². The predicted octanol–water partition coefficient (Wildman–Crippen LogP) is 3.01. The Morgan fingerprint density at radius 2 is 2.00 bits per heavy atom. The summed E-state index contributed by atoms with van der Waals surface area (Å²) in [5.41, 5.74) is 8.23. The highest BCUT2D eigenvalue weighted by Gasteiger charge is 2.20. The van der Waals surface area contributed by atoms with E-state index in [1.807, 2.05) is 12.1 Å². The van der Waals surface area contributed by atoms with E-state index in [1.54, 1.807) is 13.1 Å². The number of rotatable bonds is 4. The maximum Gasteiger partial charge on any atom is 0.251 e. The van der Waals surface area contributed by atoms with Crippen LogP contribution < -0.4 is 16.4 Å². The van der Waals surface area contributed by atoms with Crippen molar-refractivity contribution >= 4 is 17.3 Å². The quantitative estimate of drug-likeness (QED) is 0.740. The molecule has 0 saturated heterocycles. The number of nitrogens with two attached hydrogens (primary N) is 1. The largest absolute Gasteiger partial charge is 0.397 e. The lowest BCUT2D eigenvalue weighted by atomic mass is 9.84. The standard InChI is InChI=1S/C16H25N3O/c1-3-11-4-7-13(8-5-11)19-15-9-6-12(10-14(15)17)16(20)18-2/h6,9-11,13,19H,3-5,7-8,17H2,1-2H3,(H,18,20). The van der Waals surface area contributed by atoms with Crippen molar-refractivity contribution in [2.45, 2.75) is 45.1 Å². The van der Waals surface area contributed by atoms with Gasteiger partial charge in [-0.1, -0.05) is 13.3 Å². The summed E-state index contributed by atoms with van der Waals surface area (Å²) >= 11 is 0. The van der Waals surface area contributed by atoms with Crippen LogP contribution in [-0.4, -0.2) is 19.0 Å². The van der Waals surface area contributed by atoms with Gasteiger partial charge in [0.25, 0.3) is 5.91 Å². The summed E-state index contributed by atoms with van der Waals surface area (Å²) in [6.07, 6.45) is 6.29. The molecule has 0 unspecified atom stereocenters. The number of anilines is 2. The van der Waals surface area contributed by atoms with Gasteiger partial charge in [0.15, 0.2) is 0 Å². The number of nitrogen functional groups attached to an aromatic ring is 1. The second kappa shape index (κ2) is 6.64. The van der Waals surface area contributed by atoms with E-state index in [0.29, 0.717) is 17.3 Å². The van der Waals surface area contributed by atoms with Crippen LogP contribution in [0.2, 0.25) is 0 Å². The average molecular weight is 275 g/mol. The highest BCUT2D eigenvalue weighted by molar-refractivity contribution is 5.95. The van der Waals surface area contributed by atoms with Crippen molar-refractivity contribution in [2.75, 3.05) is 18.1 Å². The van der Waals surface area contributed by atoms with Gasteiger partial charge in [-0.05, 0) is 49.8 Å². The summed E-state index contributed by atoms with van der Waals surface area (Å²) in [4.78, 5) is 11.5. The second-order valence-corrected chi connectivity index (χ2v) is 5.65. The molecule has 4 nitrogen and oxygen atoms in total. The number of hydrogen-bond donors (Lipinski definition) is 3. The van der Waals surface area contributed by atoms with Crippen molar-refractivity contribution in [3.8, 4) is 0 Å². The zero-order chi connectivity index (χ0) is 14.5. The topological polar surface area (TPSA) is 67.2 Å². The molecular formula is C16H25N3O. The maximum atomic E-state index is 11.5. The van der Waals surface area contributed by atoms with Gasteiger partial charge < -0.3 is 16.4 Å². The number of amides is 1. The zero-order valence-electron chi connectivity index (χ0n) is 12.4. The number of benzene rings is 1. The molecule has 2 rings (SSSR count). The van der Waals surface area contributed by atoms with Crippen LogP contribution in [0, 0.1) is 5.92 Å². The van der Waals surface area contributed by atoms with Gasteiger partial charge in [-0.3, -0.25) is 4.79 Å². The minimum atomic E-state index is -0.105. The molecule has 1 aromatic carbocycles. The van der Waals surface area contributed by atoms with Crippen LogP contribution in [0.3, 0.4) is 0 Å². The number of hydrogen-bond acceptors (Lipinski definition) is 3. The Morgan fingerprint density at radius 1 is 1.30 bits per heavy atom. The van der Waals surface area contributed by atoms with Gasteiger partial charge >= 0.3 is 0 Å². The van der Waals surface area contributed by atoms with Crippen LogP contribution in [0.25, 0.3) is 0 Å². The highest BCUT2D eigenvalue weighted by atomic mass is 16.1. The second-order valence-electron chi connectivity index (χ2n) is 5.65. The Morgan fingerprint density at radius 3 is 2.55 bits per heavy atom. The van der Waals surface area contributed by atoms with E-state index in [4.69, 9.17) is 5.73 Å². The van der Waals surface area contributed by atoms with Gasteiger partial charge in [-0.15, -0.1) is 0 Å². The molecule has 0 heterocycles. The highest BCUT2D eigenvalue weighted by Crippen LogP contribution is 2.30. The maximum absolute atomic E-state index is 11.5. The van der Waals surface area contributed by atoms with Crippen molar-refractivity contribution in [1.29, 1.82) is 0 Å². The fourth-order valence-electron chi connectivity index (χ4n) is 2.91. The Bertz CT molecular complexity index is 465. The van der Waals surface area contributed by atoms with E-state index < -0.39 is 0 Å². The molecule has 4 heteroatoms. The van der Waals surface area contributed by atoms with E-state index >= 15 is 0 Å². The number of nitrogens with one attached hydrogen (secondary N) is 2. The number of carbonyl (C=O) groups is 1. The Kier molecular flexibility index (Phi) is 4.88. The molecule has 0 spiro atoms. The van der Waals surface area contributed by atoms with Crippen LogP contribution in [0.4, 0.5) is 11.4 Å². The van der Waals surface area contributed by atoms with Crippen molar-refractivity contribution in [3.63, 3.8) is 0 Å². The van der Waals surface area contributed by atoms with E-state index in [9.17, 15) is 4.79 Å². The monoisotopic (exact) mass is 275 g/mol. The first-order valence-electron chi connectivity index (χ1n) is 7.52. The number of carbonyl (C=O) groups excluding carboxylic acids is 1. The van der Waals surface area contributed by atoms with Crippen molar-refractivity contribution in [2.24, 2.45) is 5.92 Å². The molecule has 4 N–H and O–H groups in total. The molecule has 1 aromatic rings. The average Bonchev–Trinajstić information content (AvgIpc) is 2.49. The SMILES string of the molecule is CCC1CCC(Nc2ccc(C(=O)NC)cc2N)CC1. The molecule has 1 aliphatic rings. The minimum absolute atomic E-state index is 0.105. The van der Waals surface area contributed by atoms with Crippen LogP contribution in [0.15, 0.2) is 18.2 Å². The lowest BCUT2D eigenvalue weighted by Gasteiger charge is -2.29. The first-order chi connectivity index (χ1) is 9.63. The van der Waals surface area contributed by atoms with Crippen LogP contribution in [-0.2, 0) is 0 Å². The molecule has 0 aromatic heterocycles. The van der Waals surface area contributed by atoms with E-state index in [2.05, 4.69) is 17.6 Å². The molecule has 1 saturated carbocycles. The third-order valence-corrected chi connectivity index (χ3v) is 4.32. The molecule has 0 atom stereocenters. The molecule has 1 fully saturated rings. The molecular weight excluding hydrogens is 250 g/mol. The zero-order valence-corrected chi connectivity index (χ0v) is 12.4. The van der Waals surface area contributed by atoms with Crippen molar-refractivity contribution in [1.82, 2.24) is 5.32 Å². The molecule has 110 valence electrons. The van der Waals surface area contributed by atoms with Crippen LogP contribution in [0.5, 0.6) is 0 Å². The molecule has 20 heavy (non-hydrogen) atoms. The summed E-state index contributed by atoms with van der Waals surface area (Å²) in [6, 6.07) is 5.96.